The van der Waals surface area contributed by atoms with Crippen LogP contribution >= 0.6 is 11.6 Å². The average Bonchev–Trinajstić information content (AvgIpc) is 2.64. The number of likely N-dealkylation sites (N-methyl/N-ethyl adjacent to an activating group) is 1. The van der Waals surface area contributed by atoms with Gasteiger partial charge in [0.25, 0.3) is 0 Å². The van der Waals surface area contributed by atoms with Crippen LogP contribution in [-0.4, -0.2) is 39.3 Å². The van der Waals surface area contributed by atoms with E-state index >= 15 is 0 Å². The van der Waals surface area contributed by atoms with Gasteiger partial charge in [-0.2, -0.15) is 0 Å². The minimum Gasteiger partial charge on any atom is -0.493 e. The number of hydrogen-bond acceptors (Lipinski definition) is 4. The van der Waals surface area contributed by atoms with Crippen LogP contribution < -0.4 is 14.8 Å². The van der Waals surface area contributed by atoms with Gasteiger partial charge in [-0.05, 0) is 43.8 Å². The summed E-state index contributed by atoms with van der Waals surface area (Å²) in [5, 5.41) is 4.21. The van der Waals surface area contributed by atoms with Crippen molar-refractivity contribution in [3.05, 3.63) is 58.6 Å². The van der Waals surface area contributed by atoms with Crippen LogP contribution in [0, 0.1) is 0 Å². The zero-order chi connectivity index (χ0) is 18.9. The van der Waals surface area contributed by atoms with Crippen molar-refractivity contribution in [2.45, 2.75) is 25.9 Å². The highest BCUT2D eigenvalue weighted by Gasteiger charge is 2.15. The maximum atomic E-state index is 6.42. The van der Waals surface area contributed by atoms with Crippen LogP contribution in [0.2, 0.25) is 5.02 Å². The van der Waals surface area contributed by atoms with Crippen LogP contribution in [0.25, 0.3) is 0 Å². The van der Waals surface area contributed by atoms with E-state index in [1.165, 1.54) is 5.56 Å². The topological polar surface area (TPSA) is 33.7 Å². The Morgan fingerprint density at radius 1 is 1.15 bits per heavy atom. The van der Waals surface area contributed by atoms with Gasteiger partial charge in [-0.3, -0.25) is 0 Å². The molecule has 2 aromatic rings. The van der Waals surface area contributed by atoms with Crippen molar-refractivity contribution in [2.24, 2.45) is 0 Å². The quantitative estimate of drug-likeness (QED) is 0.660. The molecular formula is C21H29ClN2O2. The lowest BCUT2D eigenvalue weighted by molar-refractivity contribution is 0.294. The Bertz CT molecular complexity index is 677. The highest BCUT2D eigenvalue weighted by molar-refractivity contribution is 6.32. The molecule has 0 aliphatic carbocycles. The number of benzene rings is 2. The van der Waals surface area contributed by atoms with Crippen molar-refractivity contribution in [3.8, 4) is 11.5 Å². The fourth-order valence-electron chi connectivity index (χ4n) is 2.80. The lowest BCUT2D eigenvalue weighted by atomic mass is 10.1. The molecule has 4 nitrogen and oxygen atoms in total. The first-order chi connectivity index (χ1) is 12.5. The minimum atomic E-state index is 0.229. The average molecular weight is 377 g/mol. The molecule has 0 bridgehead atoms. The molecule has 0 saturated carbocycles. The highest BCUT2D eigenvalue weighted by atomic mass is 35.5. The molecule has 1 atom stereocenters. The summed E-state index contributed by atoms with van der Waals surface area (Å²) in [5.74, 6) is 1.29. The van der Waals surface area contributed by atoms with Gasteiger partial charge in [0.1, 0.15) is 0 Å². The summed E-state index contributed by atoms with van der Waals surface area (Å²) in [6.07, 6.45) is 0.923. The molecule has 0 fully saturated rings. The SMILES string of the molecule is CCCOc1c(Cl)cc(CN[C@@H](CN(C)C)c2ccccc2)cc1OC. The Morgan fingerprint density at radius 3 is 2.50 bits per heavy atom. The molecule has 2 aromatic carbocycles. The summed E-state index contributed by atoms with van der Waals surface area (Å²) in [4.78, 5) is 2.18. The minimum absolute atomic E-state index is 0.229. The third kappa shape index (κ3) is 5.90. The number of hydrogen-bond donors (Lipinski definition) is 1. The first kappa shape index (κ1) is 20.6. The van der Waals surface area contributed by atoms with Crippen LogP contribution in [0.5, 0.6) is 11.5 Å². The Labute approximate surface area is 162 Å². The van der Waals surface area contributed by atoms with Crippen LogP contribution in [0.4, 0.5) is 0 Å². The van der Waals surface area contributed by atoms with E-state index in [0.29, 0.717) is 29.7 Å². The van der Waals surface area contributed by atoms with E-state index in [9.17, 15) is 0 Å². The molecule has 0 aliphatic heterocycles. The Balaban J connectivity index is 2.14. The van der Waals surface area contributed by atoms with Gasteiger partial charge < -0.3 is 19.7 Å². The molecule has 0 radical (unpaired) electrons. The summed E-state index contributed by atoms with van der Waals surface area (Å²) < 4.78 is 11.2. The molecule has 0 aromatic heterocycles. The van der Waals surface area contributed by atoms with Crippen molar-refractivity contribution in [2.75, 3.05) is 34.4 Å². The zero-order valence-electron chi connectivity index (χ0n) is 16.1. The fraction of sp³-hybridized carbons (Fsp3) is 0.429. The van der Waals surface area contributed by atoms with E-state index < -0.39 is 0 Å². The van der Waals surface area contributed by atoms with Gasteiger partial charge in [0.2, 0.25) is 0 Å². The standard InChI is InChI=1S/C21H29ClN2O2/c1-5-11-26-21-18(22)12-16(13-20(21)25-4)14-23-19(15-24(2)3)17-9-7-6-8-10-17/h6-10,12-13,19,23H,5,11,14-15H2,1-4H3/t19-/m0/s1. The Hall–Kier alpha value is -1.75. The third-order valence-electron chi connectivity index (χ3n) is 4.04. The molecular weight excluding hydrogens is 348 g/mol. The summed E-state index contributed by atoms with van der Waals surface area (Å²) in [6.45, 7) is 4.28. The normalized spacial score (nSPS) is 12.2. The number of halogens is 1. The van der Waals surface area contributed by atoms with E-state index in [1.54, 1.807) is 7.11 Å². The summed E-state index contributed by atoms with van der Waals surface area (Å²) >= 11 is 6.42. The second kappa shape index (κ2) is 10.4. The summed E-state index contributed by atoms with van der Waals surface area (Å²) in [5.41, 5.74) is 2.33. The Kier molecular flexibility index (Phi) is 8.23. The van der Waals surface area contributed by atoms with Crippen LogP contribution in [0.1, 0.15) is 30.5 Å². The predicted octanol–water partition coefficient (Wildman–Crippen LogP) is 4.53. The maximum Gasteiger partial charge on any atom is 0.179 e. The van der Waals surface area contributed by atoms with Crippen LogP contribution in [0.3, 0.4) is 0 Å². The number of nitrogens with zero attached hydrogens (tertiary/aromatic N) is 1. The molecule has 0 spiro atoms. The smallest absolute Gasteiger partial charge is 0.179 e. The fourth-order valence-corrected chi connectivity index (χ4v) is 3.09. The van der Waals surface area contributed by atoms with E-state index in [4.69, 9.17) is 21.1 Å². The van der Waals surface area contributed by atoms with E-state index in [-0.39, 0.29) is 6.04 Å². The maximum absolute atomic E-state index is 6.42. The number of rotatable bonds is 10. The number of nitrogens with one attached hydrogen (secondary N) is 1. The van der Waals surface area contributed by atoms with Crippen molar-refractivity contribution >= 4 is 11.6 Å². The molecule has 0 unspecified atom stereocenters. The molecule has 0 aliphatic rings. The molecule has 1 N–H and O–H groups in total. The van der Waals surface area contributed by atoms with Gasteiger partial charge in [-0.1, -0.05) is 48.9 Å². The summed E-state index contributed by atoms with van der Waals surface area (Å²) in [6, 6.07) is 14.6. The van der Waals surface area contributed by atoms with Gasteiger partial charge in [0.05, 0.1) is 18.7 Å². The van der Waals surface area contributed by atoms with Gasteiger partial charge in [-0.25, -0.2) is 0 Å². The summed E-state index contributed by atoms with van der Waals surface area (Å²) in [7, 11) is 5.80. The lowest BCUT2D eigenvalue weighted by Crippen LogP contribution is -2.30. The zero-order valence-corrected chi connectivity index (χ0v) is 16.8. The highest BCUT2D eigenvalue weighted by Crippen LogP contribution is 2.36. The Morgan fingerprint density at radius 2 is 1.88 bits per heavy atom. The third-order valence-corrected chi connectivity index (χ3v) is 4.32. The van der Waals surface area contributed by atoms with Crippen molar-refractivity contribution < 1.29 is 9.47 Å². The van der Waals surface area contributed by atoms with Crippen molar-refractivity contribution in [3.63, 3.8) is 0 Å². The van der Waals surface area contributed by atoms with Gasteiger partial charge in [0, 0.05) is 19.1 Å². The number of ether oxygens (including phenoxy) is 2. The van der Waals surface area contributed by atoms with Gasteiger partial charge >= 0.3 is 0 Å². The van der Waals surface area contributed by atoms with E-state index in [2.05, 4.69) is 55.5 Å². The van der Waals surface area contributed by atoms with Gasteiger partial charge in [0.15, 0.2) is 11.5 Å². The molecule has 5 heteroatoms. The molecule has 2 rings (SSSR count). The first-order valence-electron chi connectivity index (χ1n) is 8.97. The second-order valence-corrected chi connectivity index (χ2v) is 6.97. The van der Waals surface area contributed by atoms with E-state index in [1.807, 2.05) is 18.2 Å². The van der Waals surface area contributed by atoms with Gasteiger partial charge in [-0.15, -0.1) is 0 Å². The second-order valence-electron chi connectivity index (χ2n) is 6.56. The van der Waals surface area contributed by atoms with Crippen molar-refractivity contribution in [1.29, 1.82) is 0 Å². The molecule has 142 valence electrons. The molecule has 0 heterocycles. The molecule has 0 saturated heterocycles. The largest absolute Gasteiger partial charge is 0.493 e. The van der Waals surface area contributed by atoms with Crippen molar-refractivity contribution in [1.82, 2.24) is 10.2 Å². The van der Waals surface area contributed by atoms with Crippen LogP contribution in [0.15, 0.2) is 42.5 Å². The molecule has 26 heavy (non-hydrogen) atoms. The first-order valence-corrected chi connectivity index (χ1v) is 9.35. The monoisotopic (exact) mass is 376 g/mol. The number of methoxy groups -OCH3 is 1. The predicted molar refractivity (Wildman–Crippen MR) is 108 cm³/mol. The molecule has 0 amide bonds. The lowest BCUT2D eigenvalue weighted by Gasteiger charge is -2.23. The van der Waals surface area contributed by atoms with Crippen LogP contribution in [-0.2, 0) is 6.54 Å². The van der Waals surface area contributed by atoms with E-state index in [0.717, 1.165) is 18.5 Å².